The molecule has 1 rings (SSSR count). The van der Waals surface area contributed by atoms with Gasteiger partial charge in [0.2, 0.25) is 10.0 Å². The first kappa shape index (κ1) is 16.6. The van der Waals surface area contributed by atoms with E-state index < -0.39 is 10.0 Å². The predicted molar refractivity (Wildman–Crippen MR) is 80.3 cm³/mol. The summed E-state index contributed by atoms with van der Waals surface area (Å²) in [5, 5.41) is 0. The van der Waals surface area contributed by atoms with E-state index in [0.717, 1.165) is 11.1 Å². The van der Waals surface area contributed by atoms with Crippen molar-refractivity contribution in [2.24, 2.45) is 0 Å². The van der Waals surface area contributed by atoms with Crippen molar-refractivity contribution in [3.63, 3.8) is 0 Å². The first-order valence-electron chi connectivity index (χ1n) is 6.06. The van der Waals surface area contributed by atoms with Crippen molar-refractivity contribution in [3.8, 4) is 0 Å². The van der Waals surface area contributed by atoms with E-state index >= 15 is 0 Å². The molecular formula is C13H20BrNO3S. The van der Waals surface area contributed by atoms with E-state index in [9.17, 15) is 8.42 Å². The zero-order valence-corrected chi connectivity index (χ0v) is 13.8. The fraction of sp³-hybridized carbons (Fsp3) is 0.538. The first-order chi connectivity index (χ1) is 8.86. The molecule has 0 spiro atoms. The number of halogens is 1. The monoisotopic (exact) mass is 349 g/mol. The van der Waals surface area contributed by atoms with Crippen LogP contribution < -0.4 is 4.72 Å². The molecule has 0 aliphatic carbocycles. The molecule has 0 saturated carbocycles. The number of benzene rings is 1. The van der Waals surface area contributed by atoms with Gasteiger partial charge in [0, 0.05) is 18.5 Å². The van der Waals surface area contributed by atoms with E-state index in [4.69, 9.17) is 4.74 Å². The highest BCUT2D eigenvalue weighted by Gasteiger charge is 2.16. The number of nitrogens with one attached hydrogen (secondary N) is 1. The molecule has 4 nitrogen and oxygen atoms in total. The Morgan fingerprint density at radius 2 is 2.05 bits per heavy atom. The van der Waals surface area contributed by atoms with Crippen molar-refractivity contribution < 1.29 is 13.2 Å². The maximum absolute atomic E-state index is 12.2. The van der Waals surface area contributed by atoms with Crippen LogP contribution in [0.4, 0.5) is 0 Å². The molecule has 0 heterocycles. The zero-order valence-electron chi connectivity index (χ0n) is 11.4. The Kier molecular flexibility index (Phi) is 6.46. The summed E-state index contributed by atoms with van der Waals surface area (Å²) in [6.45, 7) is 4.62. The van der Waals surface area contributed by atoms with Crippen LogP contribution in [0.2, 0.25) is 0 Å². The molecule has 108 valence electrons. The van der Waals surface area contributed by atoms with Gasteiger partial charge in [-0.1, -0.05) is 28.1 Å². The van der Waals surface area contributed by atoms with Crippen LogP contribution in [-0.4, -0.2) is 33.5 Å². The second kappa shape index (κ2) is 7.38. The van der Waals surface area contributed by atoms with Crippen molar-refractivity contribution in [2.45, 2.75) is 30.0 Å². The maximum Gasteiger partial charge on any atom is 0.240 e. The molecule has 0 aromatic heterocycles. The van der Waals surface area contributed by atoms with Crippen molar-refractivity contribution in [1.29, 1.82) is 0 Å². The molecule has 1 aromatic rings. The van der Waals surface area contributed by atoms with Crippen LogP contribution in [0, 0.1) is 13.8 Å². The maximum atomic E-state index is 12.2. The van der Waals surface area contributed by atoms with Crippen LogP contribution in [0.25, 0.3) is 0 Å². The minimum atomic E-state index is -3.44. The van der Waals surface area contributed by atoms with E-state index in [1.807, 2.05) is 19.1 Å². The smallest absolute Gasteiger partial charge is 0.240 e. The number of aryl methyl sites for hydroxylation is 2. The molecule has 19 heavy (non-hydrogen) atoms. The number of sulfonamides is 1. The van der Waals surface area contributed by atoms with Gasteiger partial charge in [0.25, 0.3) is 0 Å². The summed E-state index contributed by atoms with van der Waals surface area (Å²) in [7, 11) is -1.82. The summed E-state index contributed by atoms with van der Waals surface area (Å²) >= 11 is 3.43. The van der Waals surface area contributed by atoms with Gasteiger partial charge in [-0.3, -0.25) is 0 Å². The molecule has 1 N–H and O–H groups in total. The molecule has 0 aliphatic heterocycles. The third-order valence-electron chi connectivity index (χ3n) is 2.73. The summed E-state index contributed by atoms with van der Waals surface area (Å²) in [5.41, 5.74) is 1.69. The number of methoxy groups -OCH3 is 1. The van der Waals surface area contributed by atoms with Crippen LogP contribution in [0.3, 0.4) is 0 Å². The Hall–Kier alpha value is -0.430. The normalized spacial score (nSPS) is 13.5. The molecule has 0 fully saturated rings. The van der Waals surface area contributed by atoms with Gasteiger partial charge in [0.1, 0.15) is 0 Å². The fourth-order valence-corrected chi connectivity index (χ4v) is 3.56. The number of rotatable bonds is 7. The summed E-state index contributed by atoms with van der Waals surface area (Å²) in [5.74, 6) is 0. The Balaban J connectivity index is 2.68. The molecule has 1 aromatic carbocycles. The van der Waals surface area contributed by atoms with E-state index in [1.54, 1.807) is 20.1 Å². The lowest BCUT2D eigenvalue weighted by Crippen LogP contribution is -2.27. The van der Waals surface area contributed by atoms with Crippen LogP contribution >= 0.6 is 15.9 Å². The second-order valence-corrected chi connectivity index (χ2v) is 7.54. The van der Waals surface area contributed by atoms with Crippen LogP contribution in [0.15, 0.2) is 23.1 Å². The Bertz CT molecular complexity index is 517. The van der Waals surface area contributed by atoms with Gasteiger partial charge in [-0.05, 0) is 37.5 Å². The van der Waals surface area contributed by atoms with E-state index in [-0.39, 0.29) is 4.83 Å². The molecular weight excluding hydrogens is 330 g/mol. The number of hydrogen-bond donors (Lipinski definition) is 1. The summed E-state index contributed by atoms with van der Waals surface area (Å²) in [4.78, 5) is 0.504. The van der Waals surface area contributed by atoms with Crippen LogP contribution in [0.1, 0.15) is 17.5 Å². The van der Waals surface area contributed by atoms with Gasteiger partial charge in [-0.2, -0.15) is 0 Å². The average Bonchev–Trinajstić information content (AvgIpc) is 2.32. The Labute approximate surface area is 123 Å². The van der Waals surface area contributed by atoms with Crippen molar-refractivity contribution in [3.05, 3.63) is 29.3 Å². The molecule has 6 heteroatoms. The fourth-order valence-electron chi connectivity index (χ4n) is 1.69. The third kappa shape index (κ3) is 5.22. The number of ether oxygens (including phenoxy) is 1. The molecule has 0 saturated heterocycles. The minimum absolute atomic E-state index is 0.152. The standard InChI is InChI=1S/C13H20BrNO3S/c1-10-4-5-11(2)13(8-10)19(16,17)15-7-6-12(14)9-18-3/h4-5,8,12,15H,6-7,9H2,1-3H3. The summed E-state index contributed by atoms with van der Waals surface area (Å²) in [6, 6.07) is 5.42. The van der Waals surface area contributed by atoms with E-state index in [1.165, 1.54) is 0 Å². The van der Waals surface area contributed by atoms with E-state index in [0.29, 0.717) is 24.5 Å². The Morgan fingerprint density at radius 1 is 1.37 bits per heavy atom. The molecule has 1 unspecified atom stereocenters. The van der Waals surface area contributed by atoms with Crippen molar-refractivity contribution in [1.82, 2.24) is 4.72 Å². The predicted octanol–water partition coefficient (Wildman–Crippen LogP) is 2.38. The second-order valence-electron chi connectivity index (χ2n) is 4.51. The quantitative estimate of drug-likeness (QED) is 0.769. The zero-order chi connectivity index (χ0) is 14.5. The number of alkyl halides is 1. The topological polar surface area (TPSA) is 55.4 Å². The molecule has 1 atom stereocenters. The van der Waals surface area contributed by atoms with Gasteiger partial charge in [0.15, 0.2) is 0 Å². The highest BCUT2D eigenvalue weighted by atomic mass is 79.9. The van der Waals surface area contributed by atoms with Crippen molar-refractivity contribution in [2.75, 3.05) is 20.3 Å². The highest BCUT2D eigenvalue weighted by Crippen LogP contribution is 2.16. The molecule has 0 amide bonds. The SMILES string of the molecule is COCC(Br)CCNS(=O)(=O)c1cc(C)ccc1C. The lowest BCUT2D eigenvalue weighted by atomic mass is 10.2. The summed E-state index contributed by atoms with van der Waals surface area (Å²) < 4.78 is 32.0. The van der Waals surface area contributed by atoms with Gasteiger partial charge < -0.3 is 4.74 Å². The average molecular weight is 350 g/mol. The minimum Gasteiger partial charge on any atom is -0.384 e. The van der Waals surface area contributed by atoms with Gasteiger partial charge in [0.05, 0.1) is 11.5 Å². The van der Waals surface area contributed by atoms with Crippen LogP contribution in [-0.2, 0) is 14.8 Å². The lowest BCUT2D eigenvalue weighted by molar-refractivity contribution is 0.199. The molecule has 0 aliphatic rings. The first-order valence-corrected chi connectivity index (χ1v) is 8.46. The van der Waals surface area contributed by atoms with Gasteiger partial charge >= 0.3 is 0 Å². The van der Waals surface area contributed by atoms with E-state index in [2.05, 4.69) is 20.7 Å². The lowest BCUT2D eigenvalue weighted by Gasteiger charge is -2.12. The highest BCUT2D eigenvalue weighted by molar-refractivity contribution is 9.09. The van der Waals surface area contributed by atoms with Gasteiger partial charge in [-0.25, -0.2) is 13.1 Å². The van der Waals surface area contributed by atoms with Gasteiger partial charge in [-0.15, -0.1) is 0 Å². The Morgan fingerprint density at radius 3 is 2.68 bits per heavy atom. The number of hydrogen-bond acceptors (Lipinski definition) is 3. The van der Waals surface area contributed by atoms with Crippen molar-refractivity contribution >= 4 is 26.0 Å². The molecule has 0 radical (unpaired) electrons. The largest absolute Gasteiger partial charge is 0.384 e. The third-order valence-corrected chi connectivity index (χ3v) is 5.06. The summed E-state index contributed by atoms with van der Waals surface area (Å²) in [6.07, 6.45) is 0.679. The van der Waals surface area contributed by atoms with Crippen LogP contribution in [0.5, 0.6) is 0 Å². The molecule has 0 bridgehead atoms.